The smallest absolute Gasteiger partial charge is 0.235 e. The van der Waals surface area contributed by atoms with Gasteiger partial charge in [0.05, 0.1) is 0 Å². The fourth-order valence-electron chi connectivity index (χ4n) is 1.02. The molecule has 0 radical (unpaired) electrons. The Morgan fingerprint density at radius 2 is 1.17 bits per heavy atom. The molecule has 108 valence electrons. The Kier molecular flexibility index (Phi) is 2.85. The maximum Gasteiger partial charge on any atom is 0.469 e. The summed E-state index contributed by atoms with van der Waals surface area (Å²) in [5, 5.41) is 0. The lowest BCUT2D eigenvalue weighted by atomic mass is 10.4. The number of rotatable bonds is 1. The lowest BCUT2D eigenvalue weighted by Gasteiger charge is -2.33. The molecule has 0 unspecified atom stereocenters. The zero-order chi connectivity index (χ0) is 14.8. The minimum atomic E-state index is -6.94. The normalized spacial score (nSPS) is 27.5. The van der Waals surface area contributed by atoms with Gasteiger partial charge in [-0.2, -0.15) is 48.3 Å². The molecule has 0 saturated carbocycles. The molecule has 0 bridgehead atoms. The minimum absolute atomic E-state index is 1.97. The second-order valence-corrected chi connectivity index (χ2v) is 3.02. The average Bonchev–Trinajstić information content (AvgIpc) is 2.07. The highest BCUT2D eigenvalue weighted by molar-refractivity contribution is 4.94. The molecule has 2 nitrogen and oxygen atoms in total. The first-order valence-corrected chi connectivity index (χ1v) is 3.66. The van der Waals surface area contributed by atoms with Crippen LogP contribution in [0.15, 0.2) is 0 Å². The van der Waals surface area contributed by atoms with Gasteiger partial charge in [0.15, 0.2) is 0 Å². The van der Waals surface area contributed by atoms with Crippen LogP contribution in [0.5, 0.6) is 0 Å². The van der Waals surface area contributed by atoms with Crippen LogP contribution in [-0.2, 0) is 4.74 Å². The maximum absolute atomic E-state index is 12.5. The van der Waals surface area contributed by atoms with E-state index in [1.807, 2.05) is 4.74 Å². The van der Waals surface area contributed by atoms with Crippen molar-refractivity contribution < 1.29 is 53.0 Å². The van der Waals surface area contributed by atoms with Gasteiger partial charge in [-0.3, -0.25) is 0 Å². The molecule has 0 aliphatic carbocycles. The van der Waals surface area contributed by atoms with Crippen LogP contribution >= 0.6 is 0 Å². The van der Waals surface area contributed by atoms with E-state index in [0.29, 0.717) is 0 Å². The van der Waals surface area contributed by atoms with Crippen LogP contribution in [0, 0.1) is 0 Å². The Hall–Kier alpha value is -0.850. The van der Waals surface area contributed by atoms with E-state index in [2.05, 4.69) is 0 Å². The molecule has 0 N–H and O–H groups in total. The summed E-state index contributed by atoms with van der Waals surface area (Å²) in [7, 11) is 0. The first kappa shape index (κ1) is 15.2. The van der Waals surface area contributed by atoms with Gasteiger partial charge in [0.2, 0.25) is 0 Å². The summed E-state index contributed by atoms with van der Waals surface area (Å²) in [6, 6.07) is -13.5. The fraction of sp³-hybridized carbons (Fsp3) is 1.00. The molecule has 0 aromatic heterocycles. The van der Waals surface area contributed by atoms with Gasteiger partial charge < -0.3 is 0 Å². The summed E-state index contributed by atoms with van der Waals surface area (Å²) >= 11 is 0. The summed E-state index contributed by atoms with van der Waals surface area (Å²) in [5.41, 5.74) is 0. The molecule has 1 saturated heterocycles. The predicted molar refractivity (Wildman–Crippen MR) is 28.8 cm³/mol. The maximum atomic E-state index is 12.5. The zero-order valence-corrected chi connectivity index (χ0v) is 7.51. The lowest BCUT2D eigenvalue weighted by Crippen LogP contribution is -2.63. The third-order valence-electron chi connectivity index (χ3n) is 1.76. The Morgan fingerprint density at radius 1 is 0.778 bits per heavy atom. The molecule has 18 heavy (non-hydrogen) atoms. The number of hydrogen-bond donors (Lipinski definition) is 0. The van der Waals surface area contributed by atoms with Gasteiger partial charge in [0.25, 0.3) is 0 Å². The molecule has 0 aromatic rings. The van der Waals surface area contributed by atoms with Crippen LogP contribution in [-0.4, -0.2) is 35.5 Å². The van der Waals surface area contributed by atoms with E-state index in [4.69, 9.17) is 0 Å². The summed E-state index contributed by atoms with van der Waals surface area (Å²) in [6.07, 6.45) is -19.4. The van der Waals surface area contributed by atoms with Gasteiger partial charge in [-0.1, -0.05) is 4.90 Å². The van der Waals surface area contributed by atoms with Crippen LogP contribution in [0.3, 0.4) is 0 Å². The average molecular weight is 299 g/mol. The molecule has 1 aliphatic rings. The highest BCUT2D eigenvalue weighted by atomic mass is 19.4. The van der Waals surface area contributed by atoms with Crippen molar-refractivity contribution in [3.8, 4) is 0 Å². The van der Waals surface area contributed by atoms with E-state index in [1.54, 1.807) is 0 Å². The van der Waals surface area contributed by atoms with Crippen molar-refractivity contribution in [2.75, 3.05) is 0 Å². The molecule has 0 spiro atoms. The standard InChI is InChI=1S/C5F11NO/c6-1(7,8)2(9,10)17-3(11,12)4(13,14)18-5(17,15)16. The fourth-order valence-corrected chi connectivity index (χ4v) is 1.02. The van der Waals surface area contributed by atoms with E-state index >= 15 is 0 Å². The van der Waals surface area contributed by atoms with Crippen molar-refractivity contribution in [1.29, 1.82) is 0 Å². The second-order valence-electron chi connectivity index (χ2n) is 3.02. The van der Waals surface area contributed by atoms with E-state index in [9.17, 15) is 48.3 Å². The van der Waals surface area contributed by atoms with Gasteiger partial charge in [0, 0.05) is 0 Å². The van der Waals surface area contributed by atoms with Crippen LogP contribution in [0.4, 0.5) is 48.3 Å². The van der Waals surface area contributed by atoms with Crippen molar-refractivity contribution in [2.24, 2.45) is 0 Å². The number of hydrogen-bond acceptors (Lipinski definition) is 2. The van der Waals surface area contributed by atoms with Crippen LogP contribution in [0.25, 0.3) is 0 Å². The van der Waals surface area contributed by atoms with Gasteiger partial charge >= 0.3 is 30.6 Å². The molecule has 0 aromatic carbocycles. The van der Waals surface area contributed by atoms with Gasteiger partial charge in [-0.05, 0) is 0 Å². The van der Waals surface area contributed by atoms with Gasteiger partial charge in [-0.25, -0.2) is 4.74 Å². The number of alkyl halides is 11. The molecular formula is C5F11NO. The van der Waals surface area contributed by atoms with Gasteiger partial charge in [0.1, 0.15) is 0 Å². The van der Waals surface area contributed by atoms with E-state index < -0.39 is 35.5 Å². The number of halogens is 11. The SMILES string of the molecule is FC1(F)OC(F)(F)C(F)(F)N1C(F)(F)C(F)(F)F. The van der Waals surface area contributed by atoms with Crippen molar-refractivity contribution in [3.05, 3.63) is 0 Å². The molecule has 1 rings (SSSR count). The van der Waals surface area contributed by atoms with Crippen molar-refractivity contribution in [3.63, 3.8) is 0 Å². The summed E-state index contributed by atoms with van der Waals surface area (Å²) in [5.74, 6) is 0. The molecular weight excluding hydrogens is 299 g/mol. The molecule has 1 aliphatic heterocycles. The third kappa shape index (κ3) is 1.79. The topological polar surface area (TPSA) is 12.5 Å². The molecule has 0 amide bonds. The highest BCUT2D eigenvalue weighted by Gasteiger charge is 2.87. The zero-order valence-electron chi connectivity index (χ0n) is 7.51. The van der Waals surface area contributed by atoms with E-state index in [0.717, 1.165) is 0 Å². The molecule has 1 heterocycles. The first-order valence-electron chi connectivity index (χ1n) is 3.66. The molecule has 0 atom stereocenters. The van der Waals surface area contributed by atoms with Crippen LogP contribution in [0.1, 0.15) is 0 Å². The Bertz CT molecular complexity index is 346. The van der Waals surface area contributed by atoms with E-state index in [1.165, 1.54) is 0 Å². The molecule has 13 heteroatoms. The first-order chi connectivity index (χ1) is 7.57. The largest absolute Gasteiger partial charge is 0.469 e. The van der Waals surface area contributed by atoms with Crippen molar-refractivity contribution >= 4 is 0 Å². The second kappa shape index (κ2) is 3.37. The predicted octanol–water partition coefficient (Wildman–Crippen LogP) is 3.21. The molecule has 1 fully saturated rings. The Morgan fingerprint density at radius 3 is 1.39 bits per heavy atom. The van der Waals surface area contributed by atoms with Crippen LogP contribution in [0.2, 0.25) is 0 Å². The Labute approximate surface area is 89.9 Å². The summed E-state index contributed by atoms with van der Waals surface area (Å²) in [4.78, 5) is -3.31. The van der Waals surface area contributed by atoms with Crippen molar-refractivity contribution in [1.82, 2.24) is 4.90 Å². The highest BCUT2D eigenvalue weighted by Crippen LogP contribution is 2.58. The van der Waals surface area contributed by atoms with Crippen LogP contribution < -0.4 is 0 Å². The summed E-state index contributed by atoms with van der Waals surface area (Å²) < 4.78 is 136. The van der Waals surface area contributed by atoms with Gasteiger partial charge in [-0.15, -0.1) is 0 Å². The summed E-state index contributed by atoms with van der Waals surface area (Å²) in [6.45, 7) is 0. The monoisotopic (exact) mass is 299 g/mol. The number of nitrogens with zero attached hydrogens (tertiary/aromatic N) is 1. The Balaban J connectivity index is 3.39. The minimum Gasteiger partial charge on any atom is -0.235 e. The third-order valence-corrected chi connectivity index (χ3v) is 1.76. The van der Waals surface area contributed by atoms with E-state index in [-0.39, 0.29) is 0 Å². The lowest BCUT2D eigenvalue weighted by molar-refractivity contribution is -0.439. The quantitative estimate of drug-likeness (QED) is 0.544. The number of ether oxygens (including phenoxy) is 1. The van der Waals surface area contributed by atoms with Crippen molar-refractivity contribution in [2.45, 2.75) is 30.6 Å².